The third kappa shape index (κ3) is 2.54. The number of aliphatic hydroxyl groups excluding tert-OH is 1. The maximum atomic E-state index is 11.8. The van der Waals surface area contributed by atoms with Crippen molar-refractivity contribution < 1.29 is 13.5 Å². The van der Waals surface area contributed by atoms with Gasteiger partial charge in [0.1, 0.15) is 4.90 Å². The zero-order valence-corrected chi connectivity index (χ0v) is 12.2. The quantitative estimate of drug-likeness (QED) is 0.853. The summed E-state index contributed by atoms with van der Waals surface area (Å²) in [6.07, 6.45) is 3.07. The first-order chi connectivity index (χ1) is 8.90. The molecule has 2 rings (SSSR count). The molecule has 1 aliphatic rings. The van der Waals surface area contributed by atoms with Crippen LogP contribution in [0.15, 0.2) is 4.90 Å². The highest BCUT2D eigenvalue weighted by atomic mass is 32.2. The average Bonchev–Trinajstić information content (AvgIpc) is 2.90. The van der Waals surface area contributed by atoms with Crippen molar-refractivity contribution in [1.82, 2.24) is 9.78 Å². The highest BCUT2D eigenvalue weighted by molar-refractivity contribution is 7.89. The lowest BCUT2D eigenvalue weighted by Gasteiger charge is -2.18. The maximum absolute atomic E-state index is 11.8. The minimum Gasteiger partial charge on any atom is -0.391 e. The van der Waals surface area contributed by atoms with E-state index in [0.29, 0.717) is 24.2 Å². The Hall–Kier alpha value is -0.920. The Kier molecular flexibility index (Phi) is 3.98. The molecule has 6 nitrogen and oxygen atoms in total. The number of sulfonamides is 1. The second-order valence-corrected chi connectivity index (χ2v) is 6.48. The molecule has 0 bridgehead atoms. The van der Waals surface area contributed by atoms with Crippen LogP contribution in [0.5, 0.6) is 0 Å². The zero-order valence-electron chi connectivity index (χ0n) is 11.3. The monoisotopic (exact) mass is 287 g/mol. The van der Waals surface area contributed by atoms with E-state index >= 15 is 0 Å². The van der Waals surface area contributed by atoms with Crippen LogP contribution in [0.4, 0.5) is 0 Å². The first kappa shape index (κ1) is 14.5. The summed E-state index contributed by atoms with van der Waals surface area (Å²) >= 11 is 0. The van der Waals surface area contributed by atoms with Gasteiger partial charge in [0.05, 0.1) is 23.5 Å². The molecule has 1 aromatic rings. The molecule has 1 heterocycles. The fourth-order valence-corrected chi connectivity index (χ4v) is 3.95. The van der Waals surface area contributed by atoms with Gasteiger partial charge in [0, 0.05) is 0 Å². The summed E-state index contributed by atoms with van der Waals surface area (Å²) in [5.41, 5.74) is 1.11. The van der Waals surface area contributed by atoms with E-state index in [-0.39, 0.29) is 10.9 Å². The summed E-state index contributed by atoms with van der Waals surface area (Å²) in [7, 11) is -3.78. The first-order valence-corrected chi connectivity index (χ1v) is 8.25. The van der Waals surface area contributed by atoms with Gasteiger partial charge in [0.15, 0.2) is 0 Å². The summed E-state index contributed by atoms with van der Waals surface area (Å²) in [4.78, 5) is 0.150. The molecule has 1 aliphatic carbocycles. The van der Waals surface area contributed by atoms with Gasteiger partial charge in [0.25, 0.3) is 0 Å². The van der Waals surface area contributed by atoms with Crippen LogP contribution in [0.1, 0.15) is 50.5 Å². The number of primary sulfonamides is 1. The Labute approximate surface area is 113 Å². The van der Waals surface area contributed by atoms with Gasteiger partial charge >= 0.3 is 0 Å². The normalized spacial score (nSPS) is 24.0. The van der Waals surface area contributed by atoms with Crippen molar-refractivity contribution in [2.75, 3.05) is 0 Å². The molecule has 0 amide bonds. The van der Waals surface area contributed by atoms with Gasteiger partial charge in [-0.15, -0.1) is 0 Å². The van der Waals surface area contributed by atoms with Crippen LogP contribution in [0, 0.1) is 0 Å². The molecule has 2 unspecified atom stereocenters. The van der Waals surface area contributed by atoms with Crippen molar-refractivity contribution in [2.24, 2.45) is 5.14 Å². The van der Waals surface area contributed by atoms with Crippen molar-refractivity contribution in [2.45, 2.75) is 63.0 Å². The Morgan fingerprint density at radius 3 is 2.47 bits per heavy atom. The number of hydrogen-bond donors (Lipinski definition) is 2. The number of aliphatic hydroxyl groups is 1. The molecular formula is C12H21N3O3S. The Balaban J connectivity index is 2.60. The number of nitrogens with two attached hydrogens (primary N) is 1. The zero-order chi connectivity index (χ0) is 14.2. The van der Waals surface area contributed by atoms with Gasteiger partial charge in [0.2, 0.25) is 10.0 Å². The highest BCUT2D eigenvalue weighted by Gasteiger charge is 2.33. The molecule has 0 aromatic carbocycles. The average molecular weight is 287 g/mol. The summed E-state index contributed by atoms with van der Waals surface area (Å²) in [6, 6.07) is -0.129. The third-order valence-electron chi connectivity index (χ3n) is 3.74. The van der Waals surface area contributed by atoms with Crippen LogP contribution in [0.3, 0.4) is 0 Å². The van der Waals surface area contributed by atoms with Crippen molar-refractivity contribution in [3.63, 3.8) is 0 Å². The Bertz CT molecular complexity index is 565. The lowest BCUT2D eigenvalue weighted by atomic mass is 10.2. The number of rotatable bonds is 4. The minimum atomic E-state index is -3.78. The Morgan fingerprint density at radius 1 is 1.37 bits per heavy atom. The summed E-state index contributed by atoms with van der Waals surface area (Å²) in [6.45, 7) is 3.73. The Morgan fingerprint density at radius 2 is 2.05 bits per heavy atom. The number of nitrogens with zero attached hydrogens (tertiary/aromatic N) is 2. The van der Waals surface area contributed by atoms with Crippen LogP contribution in [-0.2, 0) is 22.9 Å². The minimum absolute atomic E-state index is 0.129. The van der Waals surface area contributed by atoms with E-state index in [2.05, 4.69) is 5.10 Å². The first-order valence-electron chi connectivity index (χ1n) is 6.71. The standard InChI is InChI=1S/C12H21N3O3S/c1-3-8-12(19(13,17)18)9(4-2)15(14-8)10-6-5-7-11(10)16/h10-11,16H,3-7H2,1-2H3,(H2,13,17,18). The number of hydrogen-bond acceptors (Lipinski definition) is 4. The molecule has 19 heavy (non-hydrogen) atoms. The fourth-order valence-electron chi connectivity index (χ4n) is 2.87. The lowest BCUT2D eigenvalue weighted by Crippen LogP contribution is -2.22. The second-order valence-electron chi connectivity index (χ2n) is 4.98. The topological polar surface area (TPSA) is 98.2 Å². The maximum Gasteiger partial charge on any atom is 0.241 e. The summed E-state index contributed by atoms with van der Waals surface area (Å²) < 4.78 is 25.2. The molecule has 1 aromatic heterocycles. The van der Waals surface area contributed by atoms with Crippen LogP contribution in [0.25, 0.3) is 0 Å². The second kappa shape index (κ2) is 5.22. The number of aryl methyl sites for hydroxylation is 1. The van der Waals surface area contributed by atoms with Crippen molar-refractivity contribution in [1.29, 1.82) is 0 Å². The van der Waals surface area contributed by atoms with E-state index in [9.17, 15) is 13.5 Å². The van der Waals surface area contributed by atoms with E-state index < -0.39 is 16.1 Å². The predicted octanol–water partition coefficient (Wildman–Crippen LogP) is 0.741. The van der Waals surface area contributed by atoms with Gasteiger partial charge in [-0.25, -0.2) is 13.6 Å². The molecule has 108 valence electrons. The van der Waals surface area contributed by atoms with Gasteiger partial charge in [-0.2, -0.15) is 5.10 Å². The van der Waals surface area contributed by atoms with Gasteiger partial charge in [-0.1, -0.05) is 13.8 Å². The molecule has 0 aliphatic heterocycles. The molecule has 1 saturated carbocycles. The van der Waals surface area contributed by atoms with Crippen molar-refractivity contribution >= 4 is 10.0 Å². The molecule has 0 radical (unpaired) electrons. The molecule has 1 fully saturated rings. The summed E-state index contributed by atoms with van der Waals surface area (Å²) in [5.74, 6) is 0. The van der Waals surface area contributed by atoms with Crippen LogP contribution < -0.4 is 5.14 Å². The third-order valence-corrected chi connectivity index (χ3v) is 4.78. The van der Waals surface area contributed by atoms with Crippen LogP contribution in [0.2, 0.25) is 0 Å². The van der Waals surface area contributed by atoms with Crippen LogP contribution in [-0.4, -0.2) is 29.4 Å². The summed E-state index contributed by atoms with van der Waals surface area (Å²) in [5, 5.41) is 19.7. The van der Waals surface area contributed by atoms with Crippen LogP contribution >= 0.6 is 0 Å². The van der Waals surface area contributed by atoms with Gasteiger partial charge in [-0.05, 0) is 32.1 Å². The predicted molar refractivity (Wildman–Crippen MR) is 71.3 cm³/mol. The molecule has 2 atom stereocenters. The van der Waals surface area contributed by atoms with Crippen molar-refractivity contribution in [3.05, 3.63) is 11.4 Å². The van der Waals surface area contributed by atoms with Gasteiger partial charge < -0.3 is 5.11 Å². The number of aromatic nitrogens is 2. The SMILES string of the molecule is CCc1nn(C2CCCC2O)c(CC)c1S(N)(=O)=O. The largest absolute Gasteiger partial charge is 0.391 e. The van der Waals surface area contributed by atoms with E-state index in [0.717, 1.165) is 19.3 Å². The molecule has 7 heteroatoms. The van der Waals surface area contributed by atoms with E-state index in [1.807, 2.05) is 13.8 Å². The van der Waals surface area contributed by atoms with Gasteiger partial charge in [-0.3, -0.25) is 4.68 Å². The van der Waals surface area contributed by atoms with E-state index in [1.165, 1.54) is 0 Å². The van der Waals surface area contributed by atoms with Crippen molar-refractivity contribution in [3.8, 4) is 0 Å². The fraction of sp³-hybridized carbons (Fsp3) is 0.750. The van der Waals surface area contributed by atoms with E-state index in [4.69, 9.17) is 5.14 Å². The lowest BCUT2D eigenvalue weighted by molar-refractivity contribution is 0.128. The highest BCUT2D eigenvalue weighted by Crippen LogP contribution is 2.33. The smallest absolute Gasteiger partial charge is 0.241 e. The van der Waals surface area contributed by atoms with E-state index in [1.54, 1.807) is 4.68 Å². The molecule has 0 saturated heterocycles. The molecule has 3 N–H and O–H groups in total. The molecule has 0 spiro atoms. The molecular weight excluding hydrogens is 266 g/mol.